The lowest BCUT2D eigenvalue weighted by Crippen LogP contribution is -2.29. The van der Waals surface area contributed by atoms with Crippen LogP contribution in [0.3, 0.4) is 0 Å². The van der Waals surface area contributed by atoms with Gasteiger partial charge in [0.15, 0.2) is 0 Å². The first-order valence-electron chi connectivity index (χ1n) is 6.64. The molecule has 0 amide bonds. The van der Waals surface area contributed by atoms with Gasteiger partial charge in [0.05, 0.1) is 6.10 Å². The molecule has 0 saturated carbocycles. The van der Waals surface area contributed by atoms with E-state index in [0.29, 0.717) is 11.3 Å². The molecule has 0 fully saturated rings. The number of nitrogens with one attached hydrogen (secondary N) is 1. The smallest absolute Gasteiger partial charge is 0.0627 e. The Morgan fingerprint density at radius 3 is 2.44 bits per heavy atom. The zero-order valence-corrected chi connectivity index (χ0v) is 12.1. The molecule has 0 rings (SSSR count). The van der Waals surface area contributed by atoms with E-state index in [0.717, 1.165) is 12.3 Å². The van der Waals surface area contributed by atoms with Crippen LogP contribution < -0.4 is 5.32 Å². The number of aliphatic hydroxyl groups excluding tert-OH is 1. The maximum atomic E-state index is 9.36. The van der Waals surface area contributed by atoms with Gasteiger partial charge in [0.25, 0.3) is 0 Å². The minimum atomic E-state index is -0.190. The monoisotopic (exact) mass is 247 g/mol. The summed E-state index contributed by atoms with van der Waals surface area (Å²) in [5, 5.41) is 13.3. The highest BCUT2D eigenvalue weighted by atomic mass is 32.2. The van der Waals surface area contributed by atoms with Crippen molar-refractivity contribution < 1.29 is 5.11 Å². The van der Waals surface area contributed by atoms with Gasteiger partial charge in [0, 0.05) is 11.3 Å². The predicted octanol–water partition coefficient (Wildman–Crippen LogP) is 3.05. The van der Waals surface area contributed by atoms with Crippen molar-refractivity contribution in [1.82, 2.24) is 5.32 Å². The Labute approximate surface area is 106 Å². The molecule has 0 aromatic carbocycles. The predicted molar refractivity (Wildman–Crippen MR) is 75.2 cm³/mol. The molecule has 0 aliphatic carbocycles. The summed E-state index contributed by atoms with van der Waals surface area (Å²) in [4.78, 5) is 0. The third-order valence-electron chi connectivity index (χ3n) is 2.93. The highest BCUT2D eigenvalue weighted by molar-refractivity contribution is 7.99. The van der Waals surface area contributed by atoms with Crippen molar-refractivity contribution in [2.24, 2.45) is 0 Å². The van der Waals surface area contributed by atoms with Crippen LogP contribution in [0, 0.1) is 0 Å². The van der Waals surface area contributed by atoms with Gasteiger partial charge in [-0.2, -0.15) is 11.8 Å². The van der Waals surface area contributed by atoms with Crippen LogP contribution in [-0.4, -0.2) is 34.8 Å². The summed E-state index contributed by atoms with van der Waals surface area (Å²) >= 11 is 1.88. The second kappa shape index (κ2) is 10.4. The topological polar surface area (TPSA) is 32.3 Å². The van der Waals surface area contributed by atoms with Crippen molar-refractivity contribution in [1.29, 1.82) is 0 Å². The Kier molecular flexibility index (Phi) is 10.6. The molecule has 2 N–H and O–H groups in total. The normalized spacial score (nSPS) is 17.1. The maximum absolute atomic E-state index is 9.36. The molecule has 2 nitrogen and oxygen atoms in total. The van der Waals surface area contributed by atoms with Crippen molar-refractivity contribution in [3.05, 3.63) is 0 Å². The van der Waals surface area contributed by atoms with E-state index in [-0.39, 0.29) is 6.10 Å². The van der Waals surface area contributed by atoms with E-state index in [1.807, 2.05) is 18.7 Å². The van der Waals surface area contributed by atoms with Gasteiger partial charge >= 0.3 is 0 Å². The summed E-state index contributed by atoms with van der Waals surface area (Å²) in [6.07, 6.45) is 4.75. The third kappa shape index (κ3) is 8.43. The second-order valence-electron chi connectivity index (χ2n) is 4.52. The van der Waals surface area contributed by atoms with Crippen LogP contribution in [0.25, 0.3) is 0 Å². The van der Waals surface area contributed by atoms with E-state index in [4.69, 9.17) is 0 Å². The van der Waals surface area contributed by atoms with Crippen molar-refractivity contribution >= 4 is 11.8 Å². The maximum Gasteiger partial charge on any atom is 0.0627 e. The highest BCUT2D eigenvalue weighted by Gasteiger charge is 2.09. The third-order valence-corrected chi connectivity index (χ3v) is 4.38. The van der Waals surface area contributed by atoms with Crippen LogP contribution in [0.15, 0.2) is 0 Å². The van der Waals surface area contributed by atoms with Crippen LogP contribution in [0.5, 0.6) is 0 Å². The molecular weight excluding hydrogens is 218 g/mol. The van der Waals surface area contributed by atoms with E-state index < -0.39 is 0 Å². The summed E-state index contributed by atoms with van der Waals surface area (Å²) in [5.41, 5.74) is 0. The Bertz CT molecular complexity index is 153. The first-order chi connectivity index (χ1) is 7.61. The van der Waals surface area contributed by atoms with Gasteiger partial charge in [-0.15, -0.1) is 0 Å². The van der Waals surface area contributed by atoms with E-state index in [9.17, 15) is 5.11 Å². The molecule has 0 aliphatic rings. The van der Waals surface area contributed by atoms with Crippen LogP contribution >= 0.6 is 11.8 Å². The molecular formula is C13H29NOS. The zero-order chi connectivity index (χ0) is 12.4. The summed E-state index contributed by atoms with van der Waals surface area (Å²) in [6.45, 7) is 9.56. The number of thioether (sulfide) groups is 1. The van der Waals surface area contributed by atoms with Gasteiger partial charge in [-0.3, -0.25) is 0 Å². The van der Waals surface area contributed by atoms with Crippen LogP contribution in [0.4, 0.5) is 0 Å². The van der Waals surface area contributed by atoms with Gasteiger partial charge < -0.3 is 10.4 Å². The first-order valence-corrected chi connectivity index (χ1v) is 7.69. The zero-order valence-electron chi connectivity index (χ0n) is 11.3. The molecule has 0 aromatic heterocycles. The van der Waals surface area contributed by atoms with Crippen LogP contribution in [0.2, 0.25) is 0 Å². The molecule has 3 heteroatoms. The Morgan fingerprint density at radius 2 is 1.94 bits per heavy atom. The summed E-state index contributed by atoms with van der Waals surface area (Å²) in [7, 11) is 0. The lowest BCUT2D eigenvalue weighted by Gasteiger charge is -2.17. The minimum absolute atomic E-state index is 0.190. The molecule has 0 heterocycles. The number of aliphatic hydroxyl groups is 1. The van der Waals surface area contributed by atoms with E-state index >= 15 is 0 Å². The molecule has 0 spiro atoms. The largest absolute Gasteiger partial charge is 0.392 e. The molecule has 3 atom stereocenters. The first kappa shape index (κ1) is 16.3. The number of hydrogen-bond donors (Lipinski definition) is 2. The molecule has 0 radical (unpaired) electrons. The Hall–Kier alpha value is 0.270. The van der Waals surface area contributed by atoms with Crippen molar-refractivity contribution in [2.45, 2.75) is 70.8 Å². The van der Waals surface area contributed by atoms with Crippen LogP contribution in [-0.2, 0) is 0 Å². The van der Waals surface area contributed by atoms with Gasteiger partial charge in [-0.1, -0.05) is 20.8 Å². The molecule has 0 bridgehead atoms. The lowest BCUT2D eigenvalue weighted by atomic mass is 10.1. The fourth-order valence-electron chi connectivity index (χ4n) is 1.54. The fourth-order valence-corrected chi connectivity index (χ4v) is 2.52. The van der Waals surface area contributed by atoms with Gasteiger partial charge in [-0.25, -0.2) is 0 Å². The number of hydrogen-bond acceptors (Lipinski definition) is 3. The highest BCUT2D eigenvalue weighted by Crippen LogP contribution is 2.16. The summed E-state index contributed by atoms with van der Waals surface area (Å²) in [6, 6.07) is 0.683. The molecule has 98 valence electrons. The average Bonchev–Trinajstić information content (AvgIpc) is 2.27. The second-order valence-corrected chi connectivity index (χ2v) is 6.00. The van der Waals surface area contributed by atoms with Crippen LogP contribution in [0.1, 0.15) is 53.4 Å². The molecule has 0 saturated heterocycles. The van der Waals surface area contributed by atoms with Gasteiger partial charge in [0.2, 0.25) is 0 Å². The Balaban J connectivity index is 3.47. The molecule has 0 aliphatic heterocycles. The lowest BCUT2D eigenvalue weighted by molar-refractivity contribution is 0.196. The molecule has 3 unspecified atom stereocenters. The van der Waals surface area contributed by atoms with Gasteiger partial charge in [-0.05, 0) is 44.9 Å². The quantitative estimate of drug-likeness (QED) is 0.582. The van der Waals surface area contributed by atoms with Crippen molar-refractivity contribution in [3.63, 3.8) is 0 Å². The Morgan fingerprint density at radius 1 is 1.25 bits per heavy atom. The summed E-state index contributed by atoms with van der Waals surface area (Å²) < 4.78 is 0. The molecule has 16 heavy (non-hydrogen) atoms. The molecule has 0 aromatic rings. The summed E-state index contributed by atoms with van der Waals surface area (Å²) in [5.74, 6) is 1.16. The van der Waals surface area contributed by atoms with Crippen molar-refractivity contribution in [3.8, 4) is 0 Å². The fraction of sp³-hybridized carbons (Fsp3) is 1.00. The van der Waals surface area contributed by atoms with Gasteiger partial charge in [0.1, 0.15) is 0 Å². The minimum Gasteiger partial charge on any atom is -0.392 e. The average molecular weight is 247 g/mol. The standard InChI is InChI=1S/C13H29NOS/c1-5-9-14-13(6-2)8-7-10-16-12(4)11(3)15/h11-15H,5-10H2,1-4H3. The van der Waals surface area contributed by atoms with E-state index in [1.54, 1.807) is 0 Å². The SMILES string of the molecule is CCCNC(CC)CCCSC(C)C(C)O. The van der Waals surface area contributed by atoms with Crippen molar-refractivity contribution in [2.75, 3.05) is 12.3 Å². The van der Waals surface area contributed by atoms with E-state index in [1.165, 1.54) is 25.7 Å². The number of rotatable bonds is 10. The van der Waals surface area contributed by atoms with E-state index in [2.05, 4.69) is 26.1 Å².